The molecule has 6 nitrogen and oxygen atoms in total. The quantitative estimate of drug-likeness (QED) is 0.0261. The minimum Gasteiger partial charge on any atom is -0.462 e. The van der Waals surface area contributed by atoms with Crippen molar-refractivity contribution in [3.05, 3.63) is 24.3 Å². The van der Waals surface area contributed by atoms with Crippen LogP contribution < -0.4 is 0 Å². The van der Waals surface area contributed by atoms with Crippen molar-refractivity contribution in [2.24, 2.45) is 0 Å². The van der Waals surface area contributed by atoms with E-state index in [9.17, 15) is 14.4 Å². The second-order valence-corrected chi connectivity index (χ2v) is 21.0. The summed E-state index contributed by atoms with van der Waals surface area (Å²) in [5.41, 5.74) is 0. The molecule has 0 aliphatic rings. The molecule has 1 unspecified atom stereocenters. The highest BCUT2D eigenvalue weighted by atomic mass is 16.6. The molecule has 0 aromatic carbocycles. The van der Waals surface area contributed by atoms with Crippen LogP contribution in [0.1, 0.15) is 342 Å². The summed E-state index contributed by atoms with van der Waals surface area (Å²) in [5.74, 6) is -0.851. The molecule has 0 amide bonds. The Morgan fingerprint density at radius 2 is 0.522 bits per heavy atom. The van der Waals surface area contributed by atoms with E-state index < -0.39 is 6.10 Å². The van der Waals surface area contributed by atoms with Gasteiger partial charge in [-0.25, -0.2) is 0 Å². The van der Waals surface area contributed by atoms with Crippen LogP contribution in [-0.4, -0.2) is 37.2 Å². The van der Waals surface area contributed by atoms with Crippen LogP contribution in [0, 0.1) is 0 Å². The van der Waals surface area contributed by atoms with Crippen LogP contribution in [0.25, 0.3) is 0 Å². The molecular formula is C63H118O6. The van der Waals surface area contributed by atoms with E-state index in [2.05, 4.69) is 45.1 Å². The zero-order chi connectivity index (χ0) is 50.0. The molecule has 0 aromatic rings. The van der Waals surface area contributed by atoms with Crippen molar-refractivity contribution in [1.29, 1.82) is 0 Å². The first-order valence-electron chi connectivity index (χ1n) is 30.8. The fourth-order valence-corrected chi connectivity index (χ4v) is 9.30. The summed E-state index contributed by atoms with van der Waals surface area (Å²) < 4.78 is 16.9. The van der Waals surface area contributed by atoms with Gasteiger partial charge in [0.25, 0.3) is 0 Å². The van der Waals surface area contributed by atoms with Gasteiger partial charge in [0, 0.05) is 19.3 Å². The van der Waals surface area contributed by atoms with Crippen molar-refractivity contribution >= 4 is 17.9 Å². The summed E-state index contributed by atoms with van der Waals surface area (Å²) in [7, 11) is 0. The second kappa shape index (κ2) is 58.5. The minimum absolute atomic E-state index is 0.0674. The van der Waals surface area contributed by atoms with Gasteiger partial charge < -0.3 is 14.2 Å². The zero-order valence-electron chi connectivity index (χ0n) is 46.6. The fraction of sp³-hybridized carbons (Fsp3) is 0.889. The molecule has 0 saturated heterocycles. The van der Waals surface area contributed by atoms with Gasteiger partial charge in [0.05, 0.1) is 0 Å². The van der Waals surface area contributed by atoms with Crippen LogP contribution in [0.5, 0.6) is 0 Å². The summed E-state index contributed by atoms with van der Waals surface area (Å²) in [6, 6.07) is 0. The number of carbonyl (C=O) groups is 3. The molecule has 0 saturated carbocycles. The highest BCUT2D eigenvalue weighted by Gasteiger charge is 2.19. The third-order valence-electron chi connectivity index (χ3n) is 14.0. The first-order chi connectivity index (χ1) is 34.0. The van der Waals surface area contributed by atoms with Crippen LogP contribution in [0.4, 0.5) is 0 Å². The number of carbonyl (C=O) groups excluding carboxylic acids is 3. The Balaban J connectivity index is 4.17. The van der Waals surface area contributed by atoms with E-state index in [1.807, 2.05) is 0 Å². The van der Waals surface area contributed by atoms with E-state index in [0.717, 1.165) is 64.2 Å². The summed E-state index contributed by atoms with van der Waals surface area (Å²) in [6.07, 6.45) is 69.0. The molecule has 0 fully saturated rings. The van der Waals surface area contributed by atoms with Gasteiger partial charge in [0.1, 0.15) is 13.2 Å². The molecular weight excluding hydrogens is 853 g/mol. The Kier molecular flexibility index (Phi) is 56.7. The van der Waals surface area contributed by atoms with Crippen LogP contribution >= 0.6 is 0 Å². The van der Waals surface area contributed by atoms with E-state index in [-0.39, 0.29) is 31.1 Å². The Morgan fingerprint density at radius 1 is 0.290 bits per heavy atom. The lowest BCUT2D eigenvalue weighted by atomic mass is 10.0. The van der Waals surface area contributed by atoms with Crippen molar-refractivity contribution in [1.82, 2.24) is 0 Å². The van der Waals surface area contributed by atoms with E-state index in [0.29, 0.717) is 19.3 Å². The number of hydrogen-bond acceptors (Lipinski definition) is 6. The van der Waals surface area contributed by atoms with Gasteiger partial charge in [-0.15, -0.1) is 0 Å². The Morgan fingerprint density at radius 3 is 0.826 bits per heavy atom. The van der Waals surface area contributed by atoms with E-state index in [1.165, 1.54) is 238 Å². The van der Waals surface area contributed by atoms with Crippen LogP contribution in [0.2, 0.25) is 0 Å². The fourth-order valence-electron chi connectivity index (χ4n) is 9.30. The highest BCUT2D eigenvalue weighted by Crippen LogP contribution is 2.18. The molecule has 1 atom stereocenters. The number of esters is 3. The van der Waals surface area contributed by atoms with Crippen LogP contribution in [-0.2, 0) is 28.6 Å². The summed E-state index contributed by atoms with van der Waals surface area (Å²) in [5, 5.41) is 0. The first kappa shape index (κ1) is 66.9. The van der Waals surface area contributed by atoms with Gasteiger partial charge >= 0.3 is 17.9 Å². The average molecular weight is 972 g/mol. The smallest absolute Gasteiger partial charge is 0.306 e. The topological polar surface area (TPSA) is 78.9 Å². The van der Waals surface area contributed by atoms with Crippen LogP contribution in [0.3, 0.4) is 0 Å². The molecule has 0 radical (unpaired) electrons. The normalized spacial score (nSPS) is 12.1. The minimum atomic E-state index is -0.768. The van der Waals surface area contributed by atoms with Gasteiger partial charge in [-0.1, -0.05) is 295 Å². The summed E-state index contributed by atoms with van der Waals surface area (Å²) >= 11 is 0. The summed E-state index contributed by atoms with van der Waals surface area (Å²) in [4.78, 5) is 38.1. The van der Waals surface area contributed by atoms with Gasteiger partial charge in [0.2, 0.25) is 0 Å². The van der Waals surface area contributed by atoms with Crippen molar-refractivity contribution < 1.29 is 28.6 Å². The maximum Gasteiger partial charge on any atom is 0.306 e. The molecule has 0 aromatic heterocycles. The maximum atomic E-state index is 12.9. The highest BCUT2D eigenvalue weighted by molar-refractivity contribution is 5.71. The van der Waals surface area contributed by atoms with Crippen molar-refractivity contribution in [3.8, 4) is 0 Å². The molecule has 0 rings (SSSR count). The third kappa shape index (κ3) is 56.7. The molecule has 6 heteroatoms. The number of ether oxygens (including phenoxy) is 3. The van der Waals surface area contributed by atoms with E-state index in [4.69, 9.17) is 14.2 Å². The standard InChI is InChI=1S/C63H118O6/c1-4-7-10-13-16-19-21-23-25-27-29-30-31-32-34-35-37-39-41-44-47-50-53-56-62(65)68-59-60(58-67-61(64)55-52-49-46-43-18-15-12-9-6-3)69-63(66)57-54-51-48-45-42-40-38-36-33-28-26-24-22-20-17-14-11-8-5-2/h17,20,24,26,60H,4-16,18-19,21-23,25,27-59H2,1-3H3/b20-17-,26-24-. The third-order valence-corrected chi connectivity index (χ3v) is 14.0. The molecule has 0 N–H and O–H groups in total. The molecule has 0 aliphatic heterocycles. The van der Waals surface area contributed by atoms with Gasteiger partial charge in [0.15, 0.2) is 6.10 Å². The number of allylic oxidation sites excluding steroid dienone is 4. The monoisotopic (exact) mass is 971 g/mol. The van der Waals surface area contributed by atoms with Crippen molar-refractivity contribution in [2.45, 2.75) is 348 Å². The lowest BCUT2D eigenvalue weighted by Crippen LogP contribution is -2.30. The Labute approximate surface area is 430 Å². The van der Waals surface area contributed by atoms with Gasteiger partial charge in [-0.05, 0) is 51.4 Å². The van der Waals surface area contributed by atoms with Gasteiger partial charge in [-0.3, -0.25) is 14.4 Å². The molecule has 406 valence electrons. The SMILES string of the molecule is CCCCC/C=C\C/C=C\CCCCCCCCCCCC(=O)OC(COC(=O)CCCCCCCCCCC)COC(=O)CCCCCCCCCCCCCCCCCCCCCCCCC. The van der Waals surface area contributed by atoms with Crippen LogP contribution in [0.15, 0.2) is 24.3 Å². The van der Waals surface area contributed by atoms with Gasteiger partial charge in [-0.2, -0.15) is 0 Å². The predicted molar refractivity (Wildman–Crippen MR) is 298 cm³/mol. The molecule has 0 heterocycles. The number of unbranched alkanes of at least 4 members (excludes halogenated alkanes) is 42. The van der Waals surface area contributed by atoms with E-state index in [1.54, 1.807) is 0 Å². The summed E-state index contributed by atoms with van der Waals surface area (Å²) in [6.45, 7) is 6.65. The Bertz CT molecular complexity index is 1110. The maximum absolute atomic E-state index is 12.9. The number of hydrogen-bond donors (Lipinski definition) is 0. The lowest BCUT2D eigenvalue weighted by Gasteiger charge is -2.18. The van der Waals surface area contributed by atoms with Crippen molar-refractivity contribution in [2.75, 3.05) is 13.2 Å². The predicted octanol–water partition coefficient (Wildman–Crippen LogP) is 20.7. The first-order valence-corrected chi connectivity index (χ1v) is 30.8. The molecule has 0 aliphatic carbocycles. The molecule has 0 spiro atoms. The average Bonchev–Trinajstić information content (AvgIpc) is 3.35. The Hall–Kier alpha value is -2.11. The van der Waals surface area contributed by atoms with E-state index >= 15 is 0 Å². The molecule has 0 bridgehead atoms. The number of rotatable bonds is 57. The van der Waals surface area contributed by atoms with Crippen molar-refractivity contribution in [3.63, 3.8) is 0 Å². The second-order valence-electron chi connectivity index (χ2n) is 21.0. The lowest BCUT2D eigenvalue weighted by molar-refractivity contribution is -0.167. The largest absolute Gasteiger partial charge is 0.462 e. The zero-order valence-corrected chi connectivity index (χ0v) is 46.6. The molecule has 69 heavy (non-hydrogen) atoms.